The molecule has 0 radical (unpaired) electrons. The molecule has 0 spiro atoms. The lowest BCUT2D eigenvalue weighted by Crippen LogP contribution is -2.40. The molecular formula is C21H22F2N2O2S. The molecule has 0 unspecified atom stereocenters. The van der Waals surface area contributed by atoms with Gasteiger partial charge in [-0.1, -0.05) is 24.3 Å². The number of likely N-dealkylation sites (N-methyl/N-ethyl adjacent to an activating group) is 1. The van der Waals surface area contributed by atoms with Crippen molar-refractivity contribution in [1.82, 2.24) is 9.80 Å². The molecule has 7 heteroatoms. The van der Waals surface area contributed by atoms with Crippen molar-refractivity contribution in [2.24, 2.45) is 0 Å². The number of rotatable bonds is 6. The lowest BCUT2D eigenvalue weighted by Gasteiger charge is -2.28. The highest BCUT2D eigenvalue weighted by atomic mass is 32.2. The van der Waals surface area contributed by atoms with Gasteiger partial charge in [0.05, 0.1) is 5.25 Å². The molecule has 1 fully saturated rings. The van der Waals surface area contributed by atoms with Gasteiger partial charge in [-0.05, 0) is 38.1 Å². The van der Waals surface area contributed by atoms with Crippen LogP contribution in [0, 0.1) is 11.6 Å². The van der Waals surface area contributed by atoms with Gasteiger partial charge in [-0.2, -0.15) is 0 Å². The monoisotopic (exact) mass is 404 g/mol. The fourth-order valence-corrected chi connectivity index (χ4v) is 4.59. The summed E-state index contributed by atoms with van der Waals surface area (Å²) in [5.41, 5.74) is 0.729. The highest BCUT2D eigenvalue weighted by molar-refractivity contribution is 8.01. The SMILES string of the molecule is CCN(CCN1C(=O)[C@H](C)S[C@@H]1c1ccccc1F)C(=O)c1cccc(F)c1. The molecule has 2 aromatic rings. The van der Waals surface area contributed by atoms with Crippen molar-refractivity contribution in [3.05, 3.63) is 71.3 Å². The number of benzene rings is 2. The molecule has 3 rings (SSSR count). The third kappa shape index (κ3) is 4.19. The highest BCUT2D eigenvalue weighted by Crippen LogP contribution is 2.43. The van der Waals surface area contributed by atoms with Crippen molar-refractivity contribution < 1.29 is 18.4 Å². The highest BCUT2D eigenvalue weighted by Gasteiger charge is 2.39. The first-order valence-electron chi connectivity index (χ1n) is 9.17. The van der Waals surface area contributed by atoms with Gasteiger partial charge >= 0.3 is 0 Å². The molecule has 28 heavy (non-hydrogen) atoms. The zero-order valence-corrected chi connectivity index (χ0v) is 16.6. The third-order valence-corrected chi connectivity index (χ3v) is 6.15. The van der Waals surface area contributed by atoms with E-state index in [9.17, 15) is 18.4 Å². The van der Waals surface area contributed by atoms with Crippen LogP contribution in [0.25, 0.3) is 0 Å². The maximum atomic E-state index is 14.3. The maximum Gasteiger partial charge on any atom is 0.254 e. The lowest BCUT2D eigenvalue weighted by atomic mass is 10.1. The molecule has 0 N–H and O–H groups in total. The van der Waals surface area contributed by atoms with Crippen LogP contribution < -0.4 is 0 Å². The minimum absolute atomic E-state index is 0.0764. The van der Waals surface area contributed by atoms with Crippen molar-refractivity contribution in [1.29, 1.82) is 0 Å². The standard InChI is InChI=1S/C21H22F2N2O2S/c1-3-24(20(27)15-7-6-8-16(22)13-15)11-12-25-19(26)14(2)28-21(25)17-9-4-5-10-18(17)23/h4-10,13-14,21H,3,11-12H2,1-2H3/t14-,21+/m0/s1. The van der Waals surface area contributed by atoms with E-state index in [4.69, 9.17) is 0 Å². The van der Waals surface area contributed by atoms with Crippen molar-refractivity contribution >= 4 is 23.6 Å². The average Bonchev–Trinajstić information content (AvgIpc) is 2.97. The van der Waals surface area contributed by atoms with Gasteiger partial charge in [0.15, 0.2) is 0 Å². The van der Waals surface area contributed by atoms with E-state index in [1.54, 1.807) is 41.0 Å². The zero-order chi connectivity index (χ0) is 20.3. The lowest BCUT2D eigenvalue weighted by molar-refractivity contribution is -0.130. The second-order valence-electron chi connectivity index (χ2n) is 6.58. The van der Waals surface area contributed by atoms with E-state index in [1.807, 2.05) is 6.92 Å². The van der Waals surface area contributed by atoms with Crippen LogP contribution in [-0.2, 0) is 4.79 Å². The van der Waals surface area contributed by atoms with Gasteiger partial charge in [0, 0.05) is 30.8 Å². The number of carbonyl (C=O) groups is 2. The first kappa shape index (κ1) is 20.3. The summed E-state index contributed by atoms with van der Waals surface area (Å²) >= 11 is 1.40. The fourth-order valence-electron chi connectivity index (χ4n) is 3.25. The molecule has 1 saturated heterocycles. The van der Waals surface area contributed by atoms with Crippen molar-refractivity contribution in [3.8, 4) is 0 Å². The summed E-state index contributed by atoms with van der Waals surface area (Å²) in [4.78, 5) is 28.5. The predicted molar refractivity (Wildman–Crippen MR) is 106 cm³/mol. The van der Waals surface area contributed by atoms with E-state index in [0.29, 0.717) is 12.1 Å². The summed E-state index contributed by atoms with van der Waals surface area (Å²) in [5.74, 6) is -1.19. The Bertz CT molecular complexity index is 877. The molecule has 148 valence electrons. The number of hydrogen-bond donors (Lipinski definition) is 0. The number of halogens is 2. The van der Waals surface area contributed by atoms with Gasteiger partial charge in [-0.3, -0.25) is 9.59 Å². The van der Waals surface area contributed by atoms with Crippen LogP contribution in [0.2, 0.25) is 0 Å². The Balaban J connectivity index is 1.75. The Labute approximate surface area is 167 Å². The minimum atomic E-state index is -0.471. The quantitative estimate of drug-likeness (QED) is 0.728. The van der Waals surface area contributed by atoms with Crippen molar-refractivity contribution in [2.75, 3.05) is 19.6 Å². The van der Waals surface area contributed by atoms with Crippen LogP contribution in [0.3, 0.4) is 0 Å². The Morgan fingerprint density at radius 3 is 2.61 bits per heavy atom. The van der Waals surface area contributed by atoms with Crippen molar-refractivity contribution in [3.63, 3.8) is 0 Å². The van der Waals surface area contributed by atoms with Crippen LogP contribution in [0.15, 0.2) is 48.5 Å². The number of carbonyl (C=O) groups excluding carboxylic acids is 2. The van der Waals surface area contributed by atoms with Gasteiger partial charge in [-0.25, -0.2) is 8.78 Å². The summed E-state index contributed by atoms with van der Waals surface area (Å²) in [6, 6.07) is 12.0. The minimum Gasteiger partial charge on any atom is -0.337 e. The van der Waals surface area contributed by atoms with Crippen LogP contribution >= 0.6 is 11.8 Å². The topological polar surface area (TPSA) is 40.6 Å². The molecule has 1 heterocycles. The summed E-state index contributed by atoms with van der Waals surface area (Å²) in [6.45, 7) is 4.62. The normalized spacial score (nSPS) is 19.1. The number of thioether (sulfide) groups is 1. The molecule has 0 bridgehead atoms. The fraction of sp³-hybridized carbons (Fsp3) is 0.333. The molecule has 0 saturated carbocycles. The first-order chi connectivity index (χ1) is 13.4. The van der Waals surface area contributed by atoms with Gasteiger partial charge in [0.2, 0.25) is 5.91 Å². The Kier molecular flexibility index (Phi) is 6.34. The van der Waals surface area contributed by atoms with E-state index < -0.39 is 11.2 Å². The molecule has 2 atom stereocenters. The first-order valence-corrected chi connectivity index (χ1v) is 10.1. The average molecular weight is 404 g/mol. The van der Waals surface area contributed by atoms with Crippen LogP contribution in [0.5, 0.6) is 0 Å². The predicted octanol–water partition coefficient (Wildman–Crippen LogP) is 4.09. The second-order valence-corrected chi connectivity index (χ2v) is 8.00. The molecule has 2 amide bonds. The largest absolute Gasteiger partial charge is 0.337 e. The van der Waals surface area contributed by atoms with Crippen molar-refractivity contribution in [2.45, 2.75) is 24.5 Å². The van der Waals surface area contributed by atoms with Gasteiger partial charge in [0.1, 0.15) is 17.0 Å². The molecule has 0 aromatic heterocycles. The zero-order valence-electron chi connectivity index (χ0n) is 15.8. The van der Waals surface area contributed by atoms with Gasteiger partial charge in [-0.15, -0.1) is 11.8 Å². The van der Waals surface area contributed by atoms with E-state index in [1.165, 1.54) is 36.0 Å². The van der Waals surface area contributed by atoms with E-state index in [-0.39, 0.29) is 41.5 Å². The van der Waals surface area contributed by atoms with E-state index in [2.05, 4.69) is 0 Å². The summed E-state index contributed by atoms with van der Waals surface area (Å²) in [7, 11) is 0. The second kappa shape index (κ2) is 8.73. The van der Waals surface area contributed by atoms with E-state index >= 15 is 0 Å². The Morgan fingerprint density at radius 1 is 1.18 bits per heavy atom. The molecule has 1 aliphatic rings. The summed E-state index contributed by atoms with van der Waals surface area (Å²) in [5, 5.41) is -0.703. The molecule has 4 nitrogen and oxygen atoms in total. The Hall–Kier alpha value is -2.41. The summed E-state index contributed by atoms with van der Waals surface area (Å²) < 4.78 is 27.7. The molecular weight excluding hydrogens is 382 g/mol. The Morgan fingerprint density at radius 2 is 1.93 bits per heavy atom. The summed E-state index contributed by atoms with van der Waals surface area (Å²) in [6.07, 6.45) is 0. The number of hydrogen-bond acceptors (Lipinski definition) is 3. The molecule has 0 aliphatic carbocycles. The molecule has 1 aliphatic heterocycles. The third-order valence-electron chi connectivity index (χ3n) is 4.77. The van der Waals surface area contributed by atoms with Gasteiger partial charge < -0.3 is 9.80 Å². The number of amides is 2. The number of nitrogens with zero attached hydrogens (tertiary/aromatic N) is 2. The smallest absolute Gasteiger partial charge is 0.254 e. The van der Waals surface area contributed by atoms with Crippen LogP contribution in [0.1, 0.15) is 35.1 Å². The molecule has 2 aromatic carbocycles. The maximum absolute atomic E-state index is 14.3. The van der Waals surface area contributed by atoms with Crippen LogP contribution in [0.4, 0.5) is 8.78 Å². The van der Waals surface area contributed by atoms with Gasteiger partial charge in [0.25, 0.3) is 5.91 Å². The van der Waals surface area contributed by atoms with E-state index in [0.717, 1.165) is 0 Å². The van der Waals surface area contributed by atoms with Crippen LogP contribution in [-0.4, -0.2) is 46.5 Å².